The Kier molecular flexibility index (Phi) is 3.10. The molecule has 0 fully saturated rings. The number of dihydropyridines is 1. The van der Waals surface area contributed by atoms with E-state index in [4.69, 9.17) is 4.98 Å². The first-order valence-corrected chi connectivity index (χ1v) is 7.72. The highest BCUT2D eigenvalue weighted by Gasteiger charge is 2.24. The van der Waals surface area contributed by atoms with Crippen molar-refractivity contribution < 1.29 is 4.39 Å². The summed E-state index contributed by atoms with van der Waals surface area (Å²) in [7, 11) is 0. The molecule has 2 aliphatic rings. The molecule has 0 spiro atoms. The van der Waals surface area contributed by atoms with Gasteiger partial charge in [0.05, 0.1) is 11.4 Å². The number of nitrogens with one attached hydrogen (secondary N) is 1. The molecule has 2 aliphatic heterocycles. The van der Waals surface area contributed by atoms with E-state index < -0.39 is 0 Å². The molecule has 3 nitrogen and oxygen atoms in total. The minimum Gasteiger partial charge on any atom is -0.385 e. The summed E-state index contributed by atoms with van der Waals surface area (Å²) in [6, 6.07) is 6.92. The zero-order valence-corrected chi connectivity index (χ0v) is 12.5. The number of halogens is 1. The molecule has 0 radical (unpaired) electrons. The zero-order valence-electron chi connectivity index (χ0n) is 12.5. The Morgan fingerprint density at radius 3 is 2.86 bits per heavy atom. The van der Waals surface area contributed by atoms with Crippen molar-refractivity contribution in [2.24, 2.45) is 0 Å². The highest BCUT2D eigenvalue weighted by molar-refractivity contribution is 5.83. The maximum atomic E-state index is 13.2. The standard InChI is InChI=1S/C18H18FN3/c1-12-11-14(8-9-20-12)18-17(13-4-6-15(19)7-5-13)21-16-3-2-10-22(16)18/h4-9,11-12,20H,2-3,10H2,1H3/t12-/m0/s1. The Bertz CT molecular complexity index is 768. The first-order chi connectivity index (χ1) is 10.7. The van der Waals surface area contributed by atoms with Crippen molar-refractivity contribution in [1.29, 1.82) is 0 Å². The van der Waals surface area contributed by atoms with Crippen LogP contribution in [0.1, 0.15) is 24.9 Å². The summed E-state index contributed by atoms with van der Waals surface area (Å²) < 4.78 is 15.5. The van der Waals surface area contributed by atoms with Gasteiger partial charge in [0, 0.05) is 24.6 Å². The van der Waals surface area contributed by atoms with E-state index in [0.29, 0.717) is 6.04 Å². The predicted octanol–water partition coefficient (Wildman–Crippen LogP) is 3.52. The molecule has 0 saturated heterocycles. The maximum Gasteiger partial charge on any atom is 0.123 e. The first-order valence-electron chi connectivity index (χ1n) is 7.72. The lowest BCUT2D eigenvalue weighted by Gasteiger charge is -2.17. The van der Waals surface area contributed by atoms with Crippen LogP contribution < -0.4 is 5.32 Å². The van der Waals surface area contributed by atoms with Crippen molar-refractivity contribution in [3.05, 3.63) is 60.0 Å². The SMILES string of the molecule is C[C@H]1C=C(c2c(-c3ccc(F)cc3)nc3n2CCC3)C=CN1. The van der Waals surface area contributed by atoms with Crippen LogP contribution in [0.2, 0.25) is 0 Å². The summed E-state index contributed by atoms with van der Waals surface area (Å²) in [6.45, 7) is 3.13. The van der Waals surface area contributed by atoms with Gasteiger partial charge in [0.15, 0.2) is 0 Å². The number of aryl methyl sites for hydroxylation is 1. The van der Waals surface area contributed by atoms with Gasteiger partial charge in [-0.05, 0) is 55.5 Å². The Morgan fingerprint density at radius 1 is 1.27 bits per heavy atom. The molecule has 4 heteroatoms. The third kappa shape index (κ3) is 2.15. The Morgan fingerprint density at radius 2 is 2.09 bits per heavy atom. The average Bonchev–Trinajstić information content (AvgIpc) is 3.08. The monoisotopic (exact) mass is 295 g/mol. The van der Waals surface area contributed by atoms with Gasteiger partial charge in [0.2, 0.25) is 0 Å². The number of allylic oxidation sites excluding steroid dienone is 2. The molecule has 1 aromatic carbocycles. The fourth-order valence-corrected chi connectivity index (χ4v) is 3.25. The highest BCUT2D eigenvalue weighted by atomic mass is 19.1. The molecule has 4 rings (SSSR count). The van der Waals surface area contributed by atoms with E-state index in [1.807, 2.05) is 18.3 Å². The number of imidazole rings is 1. The molecule has 112 valence electrons. The molecule has 1 N–H and O–H groups in total. The second-order valence-electron chi connectivity index (χ2n) is 5.90. The number of rotatable bonds is 2. The lowest BCUT2D eigenvalue weighted by molar-refractivity contribution is 0.628. The average molecular weight is 295 g/mol. The summed E-state index contributed by atoms with van der Waals surface area (Å²) in [5.41, 5.74) is 4.27. The Labute approximate surface area is 129 Å². The molecule has 22 heavy (non-hydrogen) atoms. The molecule has 1 atom stereocenters. The van der Waals surface area contributed by atoms with Crippen LogP contribution in [0.15, 0.2) is 42.6 Å². The van der Waals surface area contributed by atoms with Crippen LogP contribution in [-0.2, 0) is 13.0 Å². The van der Waals surface area contributed by atoms with Crippen LogP contribution in [0.25, 0.3) is 16.8 Å². The molecule has 0 amide bonds. The zero-order chi connectivity index (χ0) is 15.1. The van der Waals surface area contributed by atoms with Crippen LogP contribution in [-0.4, -0.2) is 15.6 Å². The summed E-state index contributed by atoms with van der Waals surface area (Å²) in [5.74, 6) is 0.918. The largest absolute Gasteiger partial charge is 0.385 e. The number of hydrogen-bond acceptors (Lipinski definition) is 2. The minimum absolute atomic E-state index is 0.216. The van der Waals surface area contributed by atoms with Gasteiger partial charge in [-0.3, -0.25) is 0 Å². The van der Waals surface area contributed by atoms with E-state index in [9.17, 15) is 4.39 Å². The quantitative estimate of drug-likeness (QED) is 0.918. The Balaban J connectivity index is 1.89. The highest BCUT2D eigenvalue weighted by Crippen LogP contribution is 2.34. The lowest BCUT2D eigenvalue weighted by atomic mass is 10.0. The van der Waals surface area contributed by atoms with Crippen LogP contribution in [0.4, 0.5) is 4.39 Å². The second-order valence-corrected chi connectivity index (χ2v) is 5.90. The van der Waals surface area contributed by atoms with E-state index in [1.165, 1.54) is 17.7 Å². The Hall–Kier alpha value is -2.36. The molecule has 0 unspecified atom stereocenters. The van der Waals surface area contributed by atoms with E-state index in [-0.39, 0.29) is 5.82 Å². The van der Waals surface area contributed by atoms with Crippen LogP contribution in [0, 0.1) is 5.82 Å². The lowest BCUT2D eigenvalue weighted by Crippen LogP contribution is -2.21. The number of nitrogens with zero attached hydrogens (tertiary/aromatic N) is 2. The van der Waals surface area contributed by atoms with Gasteiger partial charge >= 0.3 is 0 Å². The molecule has 3 heterocycles. The van der Waals surface area contributed by atoms with E-state index >= 15 is 0 Å². The van der Waals surface area contributed by atoms with Gasteiger partial charge in [-0.25, -0.2) is 9.37 Å². The predicted molar refractivity (Wildman–Crippen MR) is 85.7 cm³/mol. The summed E-state index contributed by atoms with van der Waals surface area (Å²) in [4.78, 5) is 4.84. The molecular formula is C18H18FN3. The van der Waals surface area contributed by atoms with Crippen LogP contribution in [0.3, 0.4) is 0 Å². The normalized spacial score (nSPS) is 19.7. The number of aromatic nitrogens is 2. The fourth-order valence-electron chi connectivity index (χ4n) is 3.25. The van der Waals surface area contributed by atoms with Gasteiger partial charge in [-0.1, -0.05) is 6.08 Å². The van der Waals surface area contributed by atoms with E-state index in [2.05, 4.69) is 29.0 Å². The van der Waals surface area contributed by atoms with Crippen molar-refractivity contribution in [2.75, 3.05) is 0 Å². The van der Waals surface area contributed by atoms with Gasteiger partial charge in [0.25, 0.3) is 0 Å². The van der Waals surface area contributed by atoms with Crippen molar-refractivity contribution in [3.63, 3.8) is 0 Å². The van der Waals surface area contributed by atoms with Gasteiger partial charge in [0.1, 0.15) is 11.6 Å². The van der Waals surface area contributed by atoms with Gasteiger partial charge in [-0.2, -0.15) is 0 Å². The maximum absolute atomic E-state index is 13.2. The van der Waals surface area contributed by atoms with E-state index in [0.717, 1.165) is 42.2 Å². The van der Waals surface area contributed by atoms with Crippen molar-refractivity contribution >= 4 is 5.57 Å². The van der Waals surface area contributed by atoms with Crippen molar-refractivity contribution in [3.8, 4) is 11.3 Å². The van der Waals surface area contributed by atoms with Crippen LogP contribution in [0.5, 0.6) is 0 Å². The summed E-state index contributed by atoms with van der Waals surface area (Å²) in [5, 5.41) is 3.27. The molecule has 1 aromatic heterocycles. The van der Waals surface area contributed by atoms with Crippen LogP contribution >= 0.6 is 0 Å². The minimum atomic E-state index is -0.216. The van der Waals surface area contributed by atoms with Gasteiger partial charge < -0.3 is 9.88 Å². The van der Waals surface area contributed by atoms with Gasteiger partial charge in [-0.15, -0.1) is 0 Å². The van der Waals surface area contributed by atoms with Crippen molar-refractivity contribution in [1.82, 2.24) is 14.9 Å². The fraction of sp³-hybridized carbons (Fsp3) is 0.278. The number of benzene rings is 1. The third-order valence-corrected chi connectivity index (χ3v) is 4.27. The molecule has 0 aliphatic carbocycles. The number of hydrogen-bond donors (Lipinski definition) is 1. The van der Waals surface area contributed by atoms with Crippen molar-refractivity contribution in [2.45, 2.75) is 32.4 Å². The van der Waals surface area contributed by atoms with E-state index in [1.54, 1.807) is 0 Å². The third-order valence-electron chi connectivity index (χ3n) is 4.27. The number of fused-ring (bicyclic) bond motifs is 1. The topological polar surface area (TPSA) is 29.9 Å². The summed E-state index contributed by atoms with van der Waals surface area (Å²) >= 11 is 0. The molecule has 2 aromatic rings. The summed E-state index contributed by atoms with van der Waals surface area (Å²) in [6.07, 6.45) is 8.46. The molecule has 0 saturated carbocycles. The molecular weight excluding hydrogens is 277 g/mol. The molecule has 0 bridgehead atoms. The smallest absolute Gasteiger partial charge is 0.123 e. The first kappa shape index (κ1) is 13.3. The second kappa shape index (κ2) is 5.13.